The van der Waals surface area contributed by atoms with Crippen molar-refractivity contribution in [1.29, 1.82) is 0 Å². The number of ether oxygens (including phenoxy) is 2. The second kappa shape index (κ2) is 6.51. The predicted molar refractivity (Wildman–Crippen MR) is 101 cm³/mol. The molecule has 0 aromatic carbocycles. The average molecular weight is 395 g/mol. The van der Waals surface area contributed by atoms with E-state index in [1.165, 1.54) is 0 Å². The van der Waals surface area contributed by atoms with Crippen molar-refractivity contribution in [2.24, 2.45) is 34.0 Å². The van der Waals surface area contributed by atoms with Crippen LogP contribution in [0.5, 0.6) is 0 Å². The van der Waals surface area contributed by atoms with Crippen molar-refractivity contribution in [3.8, 4) is 0 Å². The van der Waals surface area contributed by atoms with Gasteiger partial charge in [0.15, 0.2) is 0 Å². The van der Waals surface area contributed by atoms with Crippen LogP contribution >= 0.6 is 0 Å². The van der Waals surface area contributed by atoms with Crippen molar-refractivity contribution in [2.75, 3.05) is 13.2 Å². The Balaban J connectivity index is 1.90. The number of aliphatic hydroxyl groups is 2. The third-order valence-electron chi connectivity index (χ3n) is 9.39. The van der Waals surface area contributed by atoms with E-state index >= 15 is 0 Å². The lowest BCUT2D eigenvalue weighted by atomic mass is 9.43. The molecule has 1 unspecified atom stereocenters. The number of aliphatic hydroxyl groups excluding tert-OH is 2. The highest BCUT2D eigenvalue weighted by molar-refractivity contribution is 5.85. The van der Waals surface area contributed by atoms with Gasteiger partial charge in [-0.2, -0.15) is 0 Å². The number of carbonyl (C=O) groups excluding carboxylic acids is 2. The van der Waals surface area contributed by atoms with Crippen molar-refractivity contribution in [3.05, 3.63) is 0 Å². The predicted octanol–water partition coefficient (Wildman–Crippen LogP) is 2.10. The normalized spacial score (nSPS) is 53.1. The summed E-state index contributed by atoms with van der Waals surface area (Å²) in [4.78, 5) is 25.4. The Bertz CT molecular complexity index is 678. The monoisotopic (exact) mass is 394 g/mol. The Morgan fingerprint density at radius 3 is 2.68 bits per heavy atom. The Labute approximate surface area is 167 Å². The molecule has 1 aliphatic heterocycles. The molecule has 0 spiro atoms. The molecule has 3 aliphatic carbocycles. The lowest BCUT2D eigenvalue weighted by molar-refractivity contribution is -0.210. The van der Waals surface area contributed by atoms with Crippen LogP contribution in [-0.2, 0) is 19.1 Å². The van der Waals surface area contributed by atoms with E-state index in [0.29, 0.717) is 12.8 Å². The number of esters is 1. The van der Waals surface area contributed by atoms with Crippen LogP contribution < -0.4 is 0 Å². The lowest BCUT2D eigenvalue weighted by Crippen LogP contribution is -2.63. The third-order valence-corrected chi connectivity index (χ3v) is 9.39. The maximum atomic E-state index is 13.2. The minimum Gasteiger partial charge on any atom is -0.460 e. The number of ketones is 1. The largest absolute Gasteiger partial charge is 0.460 e. The first kappa shape index (κ1) is 20.3. The molecule has 28 heavy (non-hydrogen) atoms. The molecule has 4 aliphatic rings. The topological polar surface area (TPSA) is 93.1 Å². The Hall–Kier alpha value is -0.980. The van der Waals surface area contributed by atoms with Gasteiger partial charge in [-0.15, -0.1) is 0 Å². The van der Waals surface area contributed by atoms with Crippen LogP contribution in [0.25, 0.3) is 0 Å². The van der Waals surface area contributed by atoms with Crippen LogP contribution in [0.3, 0.4) is 0 Å². The van der Waals surface area contributed by atoms with Crippen LogP contribution in [0.4, 0.5) is 0 Å². The van der Waals surface area contributed by atoms with Crippen LogP contribution in [0, 0.1) is 34.0 Å². The molecule has 2 bridgehead atoms. The van der Waals surface area contributed by atoms with E-state index < -0.39 is 35.6 Å². The van der Waals surface area contributed by atoms with Gasteiger partial charge in [0.25, 0.3) is 0 Å². The van der Waals surface area contributed by atoms with Crippen LogP contribution in [0.1, 0.15) is 59.8 Å². The van der Waals surface area contributed by atoms with E-state index in [0.717, 1.165) is 19.3 Å². The van der Waals surface area contributed by atoms with Gasteiger partial charge >= 0.3 is 5.97 Å². The SMILES string of the molecule is C[C@@H]1CC[C@@]23CCC(=O)C2[C@]1(C)[C@H](OC(=O)CO)C[C@@]1(C)[C@H](O)CO[C@H]1[C@@H]3C. The molecule has 1 heterocycles. The summed E-state index contributed by atoms with van der Waals surface area (Å²) in [5, 5.41) is 20.2. The first-order valence-electron chi connectivity index (χ1n) is 10.7. The number of fused-ring (bicyclic) bond motifs is 1. The van der Waals surface area contributed by atoms with Crippen LogP contribution in [0.2, 0.25) is 0 Å². The van der Waals surface area contributed by atoms with Gasteiger partial charge in [0, 0.05) is 23.2 Å². The second-order valence-electron chi connectivity index (χ2n) is 10.3. The molecule has 158 valence electrons. The summed E-state index contributed by atoms with van der Waals surface area (Å²) in [6, 6.07) is 0. The summed E-state index contributed by atoms with van der Waals surface area (Å²) in [7, 11) is 0. The molecule has 1 saturated heterocycles. The highest BCUT2D eigenvalue weighted by atomic mass is 16.6. The van der Waals surface area contributed by atoms with Gasteiger partial charge in [-0.1, -0.05) is 27.7 Å². The first-order chi connectivity index (χ1) is 13.1. The van der Waals surface area contributed by atoms with Gasteiger partial charge in [0.2, 0.25) is 0 Å². The summed E-state index contributed by atoms with van der Waals surface area (Å²) in [6.07, 6.45) is 2.43. The minimum absolute atomic E-state index is 0.146. The fraction of sp³-hybridized carbons (Fsp3) is 0.909. The first-order valence-corrected chi connectivity index (χ1v) is 10.7. The molecular weight excluding hydrogens is 360 g/mol. The van der Waals surface area contributed by atoms with Crippen molar-refractivity contribution < 1.29 is 29.3 Å². The fourth-order valence-corrected chi connectivity index (χ4v) is 7.52. The minimum atomic E-state index is -0.680. The molecule has 4 fully saturated rings. The summed E-state index contributed by atoms with van der Waals surface area (Å²) in [5.74, 6) is -0.222. The Morgan fingerprint density at radius 2 is 2.00 bits per heavy atom. The highest BCUT2D eigenvalue weighted by Gasteiger charge is 2.70. The molecule has 3 saturated carbocycles. The van der Waals surface area contributed by atoms with Crippen molar-refractivity contribution in [3.63, 3.8) is 0 Å². The smallest absolute Gasteiger partial charge is 0.332 e. The number of rotatable bonds is 2. The number of carbonyl (C=O) groups is 2. The molecule has 0 amide bonds. The molecule has 9 atom stereocenters. The van der Waals surface area contributed by atoms with Gasteiger partial charge in [-0.25, -0.2) is 4.79 Å². The zero-order valence-corrected chi connectivity index (χ0v) is 17.4. The van der Waals surface area contributed by atoms with Crippen molar-refractivity contribution in [2.45, 2.75) is 78.1 Å². The lowest BCUT2D eigenvalue weighted by Gasteiger charge is -2.61. The molecule has 2 N–H and O–H groups in total. The van der Waals surface area contributed by atoms with Gasteiger partial charge in [0.05, 0.1) is 18.8 Å². The maximum absolute atomic E-state index is 13.2. The van der Waals surface area contributed by atoms with Gasteiger partial charge in [-0.3, -0.25) is 4.79 Å². The van der Waals surface area contributed by atoms with E-state index in [4.69, 9.17) is 9.47 Å². The van der Waals surface area contributed by atoms with E-state index in [9.17, 15) is 19.8 Å². The Morgan fingerprint density at radius 1 is 1.29 bits per heavy atom. The van der Waals surface area contributed by atoms with E-state index in [-0.39, 0.29) is 41.7 Å². The van der Waals surface area contributed by atoms with Gasteiger partial charge in [0.1, 0.15) is 18.5 Å². The third kappa shape index (κ3) is 2.43. The molecular formula is C22H34O6. The van der Waals surface area contributed by atoms with Gasteiger partial charge in [-0.05, 0) is 42.9 Å². The summed E-state index contributed by atoms with van der Waals surface area (Å²) < 4.78 is 12.0. The average Bonchev–Trinajstić information content (AvgIpc) is 3.15. The van der Waals surface area contributed by atoms with E-state index in [1.807, 2.05) is 6.92 Å². The molecule has 4 rings (SSSR count). The maximum Gasteiger partial charge on any atom is 0.332 e. The second-order valence-corrected chi connectivity index (χ2v) is 10.3. The van der Waals surface area contributed by atoms with Crippen LogP contribution in [0.15, 0.2) is 0 Å². The molecule has 0 aromatic heterocycles. The molecule has 6 nitrogen and oxygen atoms in total. The Kier molecular flexibility index (Phi) is 4.72. The number of hydrogen-bond donors (Lipinski definition) is 2. The van der Waals surface area contributed by atoms with Crippen molar-refractivity contribution >= 4 is 11.8 Å². The molecule has 0 aromatic rings. The number of Topliss-reactive ketones (excluding diaryl/α,β-unsaturated/α-hetero) is 1. The van der Waals surface area contributed by atoms with Crippen LogP contribution in [-0.4, -0.2) is 53.5 Å². The zero-order chi connectivity index (χ0) is 20.5. The zero-order valence-electron chi connectivity index (χ0n) is 17.4. The van der Waals surface area contributed by atoms with Crippen molar-refractivity contribution in [1.82, 2.24) is 0 Å². The summed E-state index contributed by atoms with van der Waals surface area (Å²) in [6.45, 7) is 8.08. The molecule has 6 heteroatoms. The quantitative estimate of drug-likeness (QED) is 0.697. The molecule has 0 radical (unpaired) electrons. The fourth-order valence-electron chi connectivity index (χ4n) is 7.52. The van der Waals surface area contributed by atoms with E-state index in [1.54, 1.807) is 0 Å². The van der Waals surface area contributed by atoms with Gasteiger partial charge < -0.3 is 19.7 Å². The highest BCUT2D eigenvalue weighted by Crippen LogP contribution is 2.69. The summed E-state index contributed by atoms with van der Waals surface area (Å²) in [5.41, 5.74) is -1.25. The van der Waals surface area contributed by atoms with E-state index in [2.05, 4.69) is 20.8 Å². The standard InChI is InChI=1S/C22H34O6/c1-12-5-7-22-8-6-14(24)18(22)21(12,4)16(28-17(26)10-23)9-20(3)15(25)11-27-19(20)13(22)2/h12-13,15-16,18-19,23,25H,5-11H2,1-4H3/t12-,13+,15-,16-,18?,19+,20+,21+,22+/m1/s1. The number of hydrogen-bond acceptors (Lipinski definition) is 6. The summed E-state index contributed by atoms with van der Waals surface area (Å²) >= 11 is 0.